The average Bonchev–Trinajstić information content (AvgIpc) is 3.41. The van der Waals surface area contributed by atoms with E-state index in [1.807, 2.05) is 28.7 Å². The molecule has 0 unspecified atom stereocenters. The largest absolute Gasteiger partial charge is 0.360 e. The normalized spacial score (nSPS) is 12.0. The number of nitrogens with zero attached hydrogens (tertiary/aromatic N) is 4. The molecule has 0 bridgehead atoms. The first kappa shape index (κ1) is 19.3. The number of thioether (sulfide) groups is 1. The maximum absolute atomic E-state index is 12.9. The predicted octanol–water partition coefficient (Wildman–Crippen LogP) is 5.54. The summed E-state index contributed by atoms with van der Waals surface area (Å²) in [6.45, 7) is 8.45. The molecule has 0 amide bonds. The number of carbonyl (C=O) groups excluding carboxylic acids is 1. The number of H-pyrrole nitrogens is 1. The standard InChI is InChI=1S/C22H21N5OS2/c1-11(2)19-24-21-18(12(3)13(4)30-21)20-25-26-22(27(19)20)29-10-17(28)15-9-23-16-8-6-5-7-14(15)16/h5-9,11,23H,10H2,1-4H3. The number of Topliss-reactive ketones (excluding diaryl/α,β-unsaturated/α-hetero) is 1. The summed E-state index contributed by atoms with van der Waals surface area (Å²) in [6, 6.07) is 7.85. The molecule has 0 aliphatic carbocycles. The summed E-state index contributed by atoms with van der Waals surface area (Å²) < 4.78 is 2.03. The Kier molecular flexibility index (Phi) is 4.63. The van der Waals surface area contributed by atoms with E-state index < -0.39 is 0 Å². The van der Waals surface area contributed by atoms with Gasteiger partial charge in [-0.1, -0.05) is 43.8 Å². The number of fused-ring (bicyclic) bond motifs is 4. The zero-order chi connectivity index (χ0) is 21.0. The highest BCUT2D eigenvalue weighted by Crippen LogP contribution is 2.35. The first-order chi connectivity index (χ1) is 14.5. The van der Waals surface area contributed by atoms with E-state index >= 15 is 0 Å². The number of nitrogens with one attached hydrogen (secondary N) is 1. The Balaban J connectivity index is 1.54. The zero-order valence-corrected chi connectivity index (χ0v) is 18.8. The molecule has 4 aromatic heterocycles. The predicted molar refractivity (Wildman–Crippen MR) is 123 cm³/mol. The quantitative estimate of drug-likeness (QED) is 0.290. The van der Waals surface area contributed by atoms with Crippen molar-refractivity contribution in [3.8, 4) is 0 Å². The van der Waals surface area contributed by atoms with E-state index in [0.717, 1.165) is 32.6 Å². The van der Waals surface area contributed by atoms with Gasteiger partial charge in [-0.2, -0.15) is 0 Å². The van der Waals surface area contributed by atoms with Crippen LogP contribution in [0.1, 0.15) is 46.4 Å². The molecule has 4 heterocycles. The molecule has 1 aromatic carbocycles. The van der Waals surface area contributed by atoms with Crippen LogP contribution in [0.3, 0.4) is 0 Å². The molecule has 30 heavy (non-hydrogen) atoms. The van der Waals surface area contributed by atoms with Crippen molar-refractivity contribution in [1.82, 2.24) is 24.6 Å². The van der Waals surface area contributed by atoms with Gasteiger partial charge in [-0.15, -0.1) is 21.5 Å². The summed E-state index contributed by atoms with van der Waals surface area (Å²) in [5, 5.41) is 11.6. The molecule has 0 aliphatic heterocycles. The van der Waals surface area contributed by atoms with Crippen molar-refractivity contribution < 1.29 is 4.79 Å². The molecule has 0 aliphatic rings. The fourth-order valence-electron chi connectivity index (χ4n) is 3.73. The van der Waals surface area contributed by atoms with Gasteiger partial charge in [0.2, 0.25) is 0 Å². The molecule has 6 nitrogen and oxygen atoms in total. The third-order valence-corrected chi connectivity index (χ3v) is 7.44. The number of thiophene rings is 1. The van der Waals surface area contributed by atoms with Gasteiger partial charge in [0, 0.05) is 33.5 Å². The van der Waals surface area contributed by atoms with Crippen LogP contribution < -0.4 is 0 Å². The van der Waals surface area contributed by atoms with Crippen LogP contribution in [0.5, 0.6) is 0 Å². The smallest absolute Gasteiger partial charge is 0.197 e. The molecule has 0 fully saturated rings. The molecule has 0 spiro atoms. The molecular weight excluding hydrogens is 414 g/mol. The van der Waals surface area contributed by atoms with Gasteiger partial charge in [0.25, 0.3) is 0 Å². The number of benzene rings is 1. The van der Waals surface area contributed by atoms with Crippen molar-refractivity contribution in [3.63, 3.8) is 0 Å². The highest BCUT2D eigenvalue weighted by molar-refractivity contribution is 7.99. The van der Waals surface area contributed by atoms with Crippen molar-refractivity contribution in [2.75, 3.05) is 5.75 Å². The first-order valence-electron chi connectivity index (χ1n) is 9.82. The molecule has 5 rings (SSSR count). The fourth-order valence-corrected chi connectivity index (χ4v) is 5.59. The summed E-state index contributed by atoms with van der Waals surface area (Å²) in [4.78, 5) is 23.3. The number of para-hydroxylation sites is 1. The number of aromatic amines is 1. The monoisotopic (exact) mass is 435 g/mol. The van der Waals surface area contributed by atoms with Crippen LogP contribution in [0.4, 0.5) is 0 Å². The van der Waals surface area contributed by atoms with E-state index in [2.05, 4.69) is 42.9 Å². The number of aryl methyl sites for hydroxylation is 2. The van der Waals surface area contributed by atoms with Crippen LogP contribution in [0.15, 0.2) is 35.6 Å². The summed E-state index contributed by atoms with van der Waals surface area (Å²) >= 11 is 3.11. The summed E-state index contributed by atoms with van der Waals surface area (Å²) in [5.74, 6) is 1.49. The molecule has 152 valence electrons. The number of rotatable bonds is 5. The maximum atomic E-state index is 12.9. The maximum Gasteiger partial charge on any atom is 0.197 e. The second-order valence-electron chi connectivity index (χ2n) is 7.69. The van der Waals surface area contributed by atoms with Crippen LogP contribution in [0.25, 0.3) is 26.8 Å². The third kappa shape index (κ3) is 2.94. The third-order valence-electron chi connectivity index (χ3n) is 5.41. The van der Waals surface area contributed by atoms with Crippen molar-refractivity contribution in [1.29, 1.82) is 0 Å². The van der Waals surface area contributed by atoms with Gasteiger partial charge in [-0.05, 0) is 25.5 Å². The summed E-state index contributed by atoms with van der Waals surface area (Å²) in [5.41, 5.74) is 3.70. The molecule has 0 saturated carbocycles. The Labute approximate surface area is 181 Å². The lowest BCUT2D eigenvalue weighted by atomic mass is 10.1. The van der Waals surface area contributed by atoms with Crippen LogP contribution in [-0.4, -0.2) is 36.1 Å². The molecule has 0 saturated heterocycles. The summed E-state index contributed by atoms with van der Waals surface area (Å²) in [6.07, 6.45) is 1.79. The van der Waals surface area contributed by atoms with E-state index in [4.69, 9.17) is 4.98 Å². The van der Waals surface area contributed by atoms with E-state index in [1.54, 1.807) is 17.5 Å². The van der Waals surface area contributed by atoms with Crippen LogP contribution in [0, 0.1) is 13.8 Å². The minimum absolute atomic E-state index is 0.0666. The van der Waals surface area contributed by atoms with Gasteiger partial charge >= 0.3 is 0 Å². The molecule has 0 atom stereocenters. The second-order valence-corrected chi connectivity index (χ2v) is 9.84. The number of hydrogen-bond acceptors (Lipinski definition) is 6. The van der Waals surface area contributed by atoms with Gasteiger partial charge in [0.15, 0.2) is 16.6 Å². The van der Waals surface area contributed by atoms with E-state index in [-0.39, 0.29) is 11.7 Å². The number of hydrogen-bond donors (Lipinski definition) is 1. The lowest BCUT2D eigenvalue weighted by molar-refractivity contribution is 0.102. The van der Waals surface area contributed by atoms with Crippen LogP contribution in [0.2, 0.25) is 0 Å². The van der Waals surface area contributed by atoms with Crippen LogP contribution >= 0.6 is 23.1 Å². The summed E-state index contributed by atoms with van der Waals surface area (Å²) in [7, 11) is 0. The lowest BCUT2D eigenvalue weighted by Crippen LogP contribution is -2.06. The molecular formula is C22H21N5OS2. The molecule has 0 radical (unpaired) electrons. The van der Waals surface area contributed by atoms with Crippen molar-refractivity contribution in [2.24, 2.45) is 0 Å². The highest BCUT2D eigenvalue weighted by atomic mass is 32.2. The number of aromatic nitrogens is 5. The average molecular weight is 436 g/mol. The van der Waals surface area contributed by atoms with Gasteiger partial charge in [0.05, 0.1) is 11.1 Å². The van der Waals surface area contributed by atoms with Gasteiger partial charge < -0.3 is 4.98 Å². The minimum Gasteiger partial charge on any atom is -0.360 e. The fraction of sp³-hybridized carbons (Fsp3) is 0.273. The molecule has 8 heteroatoms. The molecule has 1 N–H and O–H groups in total. The second kappa shape index (κ2) is 7.21. The van der Waals surface area contributed by atoms with E-state index in [1.165, 1.54) is 22.2 Å². The zero-order valence-electron chi connectivity index (χ0n) is 17.2. The van der Waals surface area contributed by atoms with E-state index in [0.29, 0.717) is 16.5 Å². The van der Waals surface area contributed by atoms with Gasteiger partial charge in [0.1, 0.15) is 10.7 Å². The Bertz CT molecular complexity index is 1430. The number of carbonyl (C=O) groups is 1. The van der Waals surface area contributed by atoms with Gasteiger partial charge in [-0.25, -0.2) is 4.98 Å². The number of ketones is 1. The first-order valence-corrected chi connectivity index (χ1v) is 11.6. The topological polar surface area (TPSA) is 75.9 Å². The van der Waals surface area contributed by atoms with Gasteiger partial charge in [-0.3, -0.25) is 9.20 Å². The Hall–Kier alpha value is -2.71. The minimum atomic E-state index is 0.0666. The Morgan fingerprint density at radius 3 is 2.83 bits per heavy atom. The highest BCUT2D eigenvalue weighted by Gasteiger charge is 2.22. The SMILES string of the molecule is Cc1sc2nc(C(C)C)n3c(SCC(=O)c4c[nH]c5ccccc45)nnc3c2c1C. The van der Waals surface area contributed by atoms with Crippen LogP contribution in [-0.2, 0) is 0 Å². The Morgan fingerprint density at radius 1 is 1.23 bits per heavy atom. The Morgan fingerprint density at radius 2 is 2.03 bits per heavy atom. The van der Waals surface area contributed by atoms with E-state index in [9.17, 15) is 4.79 Å². The lowest BCUT2D eigenvalue weighted by Gasteiger charge is -2.10. The van der Waals surface area contributed by atoms with Crippen molar-refractivity contribution >= 4 is 55.6 Å². The molecule has 5 aromatic rings. The van der Waals surface area contributed by atoms with Crippen molar-refractivity contribution in [3.05, 3.63) is 52.3 Å². The van der Waals surface area contributed by atoms with Crippen molar-refractivity contribution in [2.45, 2.75) is 38.8 Å².